The average molecular weight is 286 g/mol. The van der Waals surface area contributed by atoms with Crippen LogP contribution < -0.4 is 0 Å². The Morgan fingerprint density at radius 2 is 1.81 bits per heavy atom. The van der Waals surface area contributed by atoms with Crippen molar-refractivity contribution in [3.05, 3.63) is 47.2 Å². The van der Waals surface area contributed by atoms with E-state index in [2.05, 4.69) is 31.2 Å². The minimum atomic E-state index is -0.277. The lowest BCUT2D eigenvalue weighted by atomic mass is 10.0. The minimum Gasteiger partial charge on any atom is -0.461 e. The van der Waals surface area contributed by atoms with Gasteiger partial charge in [0.2, 0.25) is 0 Å². The molecule has 0 spiro atoms. The van der Waals surface area contributed by atoms with E-state index in [0.717, 1.165) is 29.1 Å². The fourth-order valence-electron chi connectivity index (χ4n) is 2.59. The zero-order valence-electron chi connectivity index (χ0n) is 12.9. The second-order valence-corrected chi connectivity index (χ2v) is 5.59. The van der Waals surface area contributed by atoms with Crippen molar-refractivity contribution in [2.45, 2.75) is 52.6 Å². The number of benzene rings is 1. The molecule has 0 N–H and O–H groups in total. The molecule has 1 aromatic carbocycles. The number of furan rings is 1. The summed E-state index contributed by atoms with van der Waals surface area (Å²) in [5, 5.41) is 0. The molecule has 2 aromatic rings. The number of aryl methyl sites for hydroxylation is 2. The van der Waals surface area contributed by atoms with Gasteiger partial charge >= 0.3 is 0 Å². The maximum Gasteiger partial charge on any atom is 0.193 e. The third kappa shape index (κ3) is 3.04. The summed E-state index contributed by atoms with van der Waals surface area (Å²) in [7, 11) is 0. The Balaban J connectivity index is 1.76. The van der Waals surface area contributed by atoms with Gasteiger partial charge in [-0.2, -0.15) is 0 Å². The van der Waals surface area contributed by atoms with Gasteiger partial charge in [0.1, 0.15) is 11.5 Å². The third-order valence-electron chi connectivity index (χ3n) is 3.90. The summed E-state index contributed by atoms with van der Waals surface area (Å²) >= 11 is 0. The van der Waals surface area contributed by atoms with Gasteiger partial charge in [-0.1, -0.05) is 37.6 Å². The van der Waals surface area contributed by atoms with Crippen LogP contribution in [0, 0.1) is 6.92 Å². The van der Waals surface area contributed by atoms with Crippen LogP contribution in [0.5, 0.6) is 0 Å². The molecule has 21 heavy (non-hydrogen) atoms. The first-order valence-electron chi connectivity index (χ1n) is 7.68. The van der Waals surface area contributed by atoms with Gasteiger partial charge in [-0.05, 0) is 38.3 Å². The molecule has 0 bridgehead atoms. The van der Waals surface area contributed by atoms with Gasteiger partial charge in [-0.25, -0.2) is 0 Å². The van der Waals surface area contributed by atoms with Crippen LogP contribution in [0.3, 0.4) is 0 Å². The van der Waals surface area contributed by atoms with Gasteiger partial charge in [-0.15, -0.1) is 0 Å². The first kappa shape index (κ1) is 14.4. The topological polar surface area (TPSA) is 31.6 Å². The predicted octanol–water partition coefficient (Wildman–Crippen LogP) is 4.99. The molecule has 1 aromatic heterocycles. The van der Waals surface area contributed by atoms with Crippen LogP contribution in [0.15, 0.2) is 34.7 Å². The highest BCUT2D eigenvalue weighted by molar-refractivity contribution is 5.59. The lowest BCUT2D eigenvalue weighted by Crippen LogP contribution is -2.31. The van der Waals surface area contributed by atoms with E-state index >= 15 is 0 Å². The SMILES string of the molecule is CCCCc1ccc(-c2cc(C3OC(C)O3)c(C)o2)cc1. The van der Waals surface area contributed by atoms with E-state index in [0.29, 0.717) is 0 Å². The Morgan fingerprint density at radius 1 is 1.10 bits per heavy atom. The highest BCUT2D eigenvalue weighted by Gasteiger charge is 2.31. The molecule has 0 atom stereocenters. The third-order valence-corrected chi connectivity index (χ3v) is 3.90. The summed E-state index contributed by atoms with van der Waals surface area (Å²) in [4.78, 5) is 0. The zero-order chi connectivity index (χ0) is 14.8. The number of ether oxygens (including phenoxy) is 2. The summed E-state index contributed by atoms with van der Waals surface area (Å²) in [5.41, 5.74) is 3.46. The molecule has 0 saturated carbocycles. The molecular formula is C18H22O3. The molecular weight excluding hydrogens is 264 g/mol. The van der Waals surface area contributed by atoms with E-state index in [9.17, 15) is 0 Å². The summed E-state index contributed by atoms with van der Waals surface area (Å²) in [6.07, 6.45) is 3.20. The van der Waals surface area contributed by atoms with Crippen molar-refractivity contribution >= 4 is 0 Å². The Labute approximate surface area is 125 Å². The summed E-state index contributed by atoms with van der Waals surface area (Å²) in [6, 6.07) is 10.6. The molecule has 2 heterocycles. The van der Waals surface area contributed by atoms with E-state index in [-0.39, 0.29) is 12.6 Å². The molecule has 0 unspecified atom stereocenters. The smallest absolute Gasteiger partial charge is 0.193 e. The lowest BCUT2D eigenvalue weighted by Gasteiger charge is -2.33. The number of hydrogen-bond donors (Lipinski definition) is 0. The zero-order valence-corrected chi connectivity index (χ0v) is 12.9. The van der Waals surface area contributed by atoms with Crippen molar-refractivity contribution in [2.24, 2.45) is 0 Å². The maximum atomic E-state index is 5.85. The van der Waals surface area contributed by atoms with Crippen molar-refractivity contribution in [3.8, 4) is 11.3 Å². The first-order chi connectivity index (χ1) is 10.2. The number of hydrogen-bond acceptors (Lipinski definition) is 3. The van der Waals surface area contributed by atoms with Crippen LogP contribution >= 0.6 is 0 Å². The second-order valence-electron chi connectivity index (χ2n) is 5.59. The maximum absolute atomic E-state index is 5.85. The van der Waals surface area contributed by atoms with Crippen LogP contribution in [-0.2, 0) is 15.9 Å². The standard InChI is InChI=1S/C18H22O3/c1-4-5-6-14-7-9-15(10-8-14)17-11-16(12(2)19-17)18-20-13(3)21-18/h7-11,13,18H,4-6H2,1-3H3. The van der Waals surface area contributed by atoms with Gasteiger partial charge in [-0.3, -0.25) is 0 Å². The first-order valence-corrected chi connectivity index (χ1v) is 7.68. The number of unbranched alkanes of at least 4 members (excludes halogenated alkanes) is 1. The lowest BCUT2D eigenvalue weighted by molar-refractivity contribution is -0.382. The van der Waals surface area contributed by atoms with Crippen LogP contribution in [0.4, 0.5) is 0 Å². The normalized spacial score (nSPS) is 21.3. The van der Waals surface area contributed by atoms with Crippen molar-refractivity contribution in [2.75, 3.05) is 0 Å². The van der Waals surface area contributed by atoms with E-state index < -0.39 is 0 Å². The molecule has 1 fully saturated rings. The molecule has 0 radical (unpaired) electrons. The highest BCUT2D eigenvalue weighted by atomic mass is 16.9. The second kappa shape index (κ2) is 6.04. The van der Waals surface area contributed by atoms with Crippen molar-refractivity contribution in [1.82, 2.24) is 0 Å². The van der Waals surface area contributed by atoms with Crippen LogP contribution in [0.25, 0.3) is 11.3 Å². The molecule has 3 heteroatoms. The van der Waals surface area contributed by atoms with Crippen LogP contribution in [0.1, 0.15) is 49.9 Å². The van der Waals surface area contributed by atoms with E-state index in [1.807, 2.05) is 19.9 Å². The fourth-order valence-corrected chi connectivity index (χ4v) is 2.59. The largest absolute Gasteiger partial charge is 0.461 e. The molecule has 0 aliphatic carbocycles. The molecule has 1 aliphatic rings. The van der Waals surface area contributed by atoms with Crippen LogP contribution in [-0.4, -0.2) is 6.29 Å². The number of rotatable bonds is 5. The van der Waals surface area contributed by atoms with Gasteiger partial charge < -0.3 is 13.9 Å². The summed E-state index contributed by atoms with van der Waals surface area (Å²) in [6.45, 7) is 6.05. The summed E-state index contributed by atoms with van der Waals surface area (Å²) in [5.74, 6) is 1.73. The monoisotopic (exact) mass is 286 g/mol. The summed E-state index contributed by atoms with van der Waals surface area (Å²) < 4.78 is 16.9. The average Bonchev–Trinajstić information content (AvgIpc) is 2.84. The Morgan fingerprint density at radius 3 is 2.43 bits per heavy atom. The molecule has 1 saturated heterocycles. The molecule has 112 valence electrons. The van der Waals surface area contributed by atoms with Crippen molar-refractivity contribution < 1.29 is 13.9 Å². The molecule has 3 rings (SSSR count). The van der Waals surface area contributed by atoms with E-state index in [1.54, 1.807) is 0 Å². The fraction of sp³-hybridized carbons (Fsp3) is 0.444. The minimum absolute atomic E-state index is 0.120. The van der Waals surface area contributed by atoms with E-state index in [4.69, 9.17) is 13.9 Å². The predicted molar refractivity (Wildman–Crippen MR) is 81.9 cm³/mol. The Hall–Kier alpha value is -1.58. The van der Waals surface area contributed by atoms with Gasteiger partial charge in [0, 0.05) is 11.1 Å². The molecule has 3 nitrogen and oxygen atoms in total. The van der Waals surface area contributed by atoms with Gasteiger partial charge in [0.25, 0.3) is 0 Å². The van der Waals surface area contributed by atoms with Crippen LogP contribution in [0.2, 0.25) is 0 Å². The van der Waals surface area contributed by atoms with Gasteiger partial charge in [0.05, 0.1) is 0 Å². The van der Waals surface area contributed by atoms with Gasteiger partial charge in [0.15, 0.2) is 12.6 Å². The van der Waals surface area contributed by atoms with Crippen molar-refractivity contribution in [3.63, 3.8) is 0 Å². The Kier molecular flexibility index (Phi) is 4.13. The Bertz CT molecular complexity index is 591. The van der Waals surface area contributed by atoms with Crippen molar-refractivity contribution in [1.29, 1.82) is 0 Å². The molecule has 1 aliphatic heterocycles. The highest BCUT2D eigenvalue weighted by Crippen LogP contribution is 2.37. The molecule has 0 amide bonds. The van der Waals surface area contributed by atoms with E-state index in [1.165, 1.54) is 18.4 Å². The quantitative estimate of drug-likeness (QED) is 0.776.